The number of benzene rings is 1. The quantitative estimate of drug-likeness (QED) is 0.576. The summed E-state index contributed by atoms with van der Waals surface area (Å²) in [5, 5.41) is 0. The minimum atomic E-state index is -1.65. The van der Waals surface area contributed by atoms with Crippen LogP contribution in [0.15, 0.2) is 25.5 Å². The van der Waals surface area contributed by atoms with Crippen molar-refractivity contribution in [2.75, 3.05) is 0 Å². The third-order valence-corrected chi connectivity index (χ3v) is 3.18. The molecule has 80 valence electrons. The summed E-state index contributed by atoms with van der Waals surface area (Å²) in [6, 6.07) is 3.61. The Morgan fingerprint density at radius 3 is 2.47 bits per heavy atom. The lowest BCUT2D eigenvalue weighted by molar-refractivity contribution is 0.539. The van der Waals surface area contributed by atoms with Crippen LogP contribution in [0.5, 0.6) is 0 Å². The largest absolute Gasteiger partial charge is 0.435 e. The molecule has 0 unspecified atom stereocenters. The van der Waals surface area contributed by atoms with Crippen molar-refractivity contribution in [1.29, 1.82) is 0 Å². The Bertz CT molecular complexity index is 520. The van der Waals surface area contributed by atoms with Crippen molar-refractivity contribution in [2.24, 2.45) is 0 Å². The van der Waals surface area contributed by atoms with Crippen LogP contribution in [0.1, 0.15) is 5.89 Å². The van der Waals surface area contributed by atoms with Crippen LogP contribution in [0, 0.1) is 0 Å². The molecule has 0 N–H and O–H groups in total. The molecule has 1 aromatic heterocycles. The van der Waals surface area contributed by atoms with Crippen molar-refractivity contribution in [3.8, 4) is 0 Å². The number of oxazole rings is 1. The highest BCUT2D eigenvalue weighted by Crippen LogP contribution is 2.40. The van der Waals surface area contributed by atoms with Gasteiger partial charge in [0.05, 0.1) is 4.47 Å². The Morgan fingerprint density at radius 1 is 1.20 bits per heavy atom. The second-order valence-corrected chi connectivity index (χ2v) is 6.80. The fourth-order valence-electron chi connectivity index (χ4n) is 1.08. The second-order valence-electron chi connectivity index (χ2n) is 2.75. The first-order valence-corrected chi connectivity index (χ1v) is 6.42. The van der Waals surface area contributed by atoms with Gasteiger partial charge < -0.3 is 4.42 Å². The summed E-state index contributed by atoms with van der Waals surface area (Å²) in [5.74, 6) is 0.0568. The van der Waals surface area contributed by atoms with Gasteiger partial charge in [-0.15, -0.1) is 0 Å². The van der Waals surface area contributed by atoms with Crippen molar-refractivity contribution in [1.82, 2.24) is 4.98 Å². The van der Waals surface area contributed by atoms with E-state index in [9.17, 15) is 0 Å². The van der Waals surface area contributed by atoms with Crippen molar-refractivity contribution in [3.63, 3.8) is 0 Å². The van der Waals surface area contributed by atoms with Crippen LogP contribution in [-0.4, -0.2) is 4.98 Å². The summed E-state index contributed by atoms with van der Waals surface area (Å²) in [5.41, 5.74) is 1.18. The molecule has 0 aliphatic carbocycles. The van der Waals surface area contributed by atoms with Gasteiger partial charge in [-0.25, -0.2) is 4.98 Å². The van der Waals surface area contributed by atoms with Gasteiger partial charge in [0.1, 0.15) is 5.52 Å². The molecular weight excluding hydrogens is 392 g/mol. The number of rotatable bonds is 0. The topological polar surface area (TPSA) is 26.0 Å². The van der Waals surface area contributed by atoms with E-state index in [0.29, 0.717) is 11.1 Å². The van der Waals surface area contributed by atoms with Gasteiger partial charge in [0.2, 0.25) is 5.89 Å². The Balaban J connectivity index is 2.71. The number of aromatic nitrogens is 1. The Kier molecular flexibility index (Phi) is 3.26. The lowest BCUT2D eigenvalue weighted by atomic mass is 10.3. The van der Waals surface area contributed by atoms with E-state index >= 15 is 0 Å². The zero-order valence-corrected chi connectivity index (χ0v) is 12.3. The molecule has 2 aromatic rings. The molecule has 0 saturated carbocycles. The molecule has 0 atom stereocenters. The molecule has 2 rings (SSSR count). The van der Waals surface area contributed by atoms with Gasteiger partial charge in [-0.1, -0.05) is 50.7 Å². The summed E-state index contributed by atoms with van der Waals surface area (Å²) in [7, 11) is 0. The maximum Gasteiger partial charge on any atom is 0.266 e. The number of alkyl halides is 3. The van der Waals surface area contributed by atoms with E-state index in [1.54, 1.807) is 6.07 Å². The van der Waals surface area contributed by atoms with Crippen molar-refractivity contribution in [2.45, 2.75) is 3.79 Å². The normalized spacial score (nSPS) is 12.3. The van der Waals surface area contributed by atoms with Crippen molar-refractivity contribution in [3.05, 3.63) is 27.0 Å². The predicted octanol–water partition coefficient (Wildman–Crippen LogP) is 5.18. The molecular formula is C8H2Br2Cl3NO. The van der Waals surface area contributed by atoms with E-state index < -0.39 is 3.79 Å². The van der Waals surface area contributed by atoms with Crippen LogP contribution in [-0.2, 0) is 3.79 Å². The highest BCUT2D eigenvalue weighted by atomic mass is 79.9. The molecule has 7 heteroatoms. The number of nitrogens with zero attached hydrogens (tertiary/aromatic N) is 1. The third kappa shape index (κ3) is 2.44. The van der Waals surface area contributed by atoms with Crippen LogP contribution in [0.4, 0.5) is 0 Å². The lowest BCUT2D eigenvalue weighted by Gasteiger charge is -2.02. The molecule has 0 saturated heterocycles. The molecule has 2 nitrogen and oxygen atoms in total. The molecule has 1 aromatic carbocycles. The van der Waals surface area contributed by atoms with Gasteiger partial charge in [0.15, 0.2) is 5.58 Å². The molecule has 0 fully saturated rings. The molecule has 0 aliphatic rings. The standard InChI is InChI=1S/C8H2Br2Cl3NO/c9-3-1-4(10)6-5(2-3)14-7(15-6)8(11,12)13/h1-2H. The van der Waals surface area contributed by atoms with Crippen LogP contribution < -0.4 is 0 Å². The van der Waals surface area contributed by atoms with E-state index in [0.717, 1.165) is 8.95 Å². The van der Waals surface area contributed by atoms with Crippen LogP contribution in [0.2, 0.25) is 0 Å². The third-order valence-electron chi connectivity index (χ3n) is 1.65. The first-order chi connectivity index (χ1) is 6.88. The van der Waals surface area contributed by atoms with Crippen LogP contribution >= 0.6 is 66.7 Å². The smallest absolute Gasteiger partial charge is 0.266 e. The summed E-state index contributed by atoms with van der Waals surface area (Å²) in [6.45, 7) is 0. The summed E-state index contributed by atoms with van der Waals surface area (Å²) in [6.07, 6.45) is 0. The lowest BCUT2D eigenvalue weighted by Crippen LogP contribution is -1.99. The minimum Gasteiger partial charge on any atom is -0.435 e. The van der Waals surface area contributed by atoms with E-state index in [4.69, 9.17) is 39.2 Å². The molecule has 1 heterocycles. The van der Waals surface area contributed by atoms with Crippen molar-refractivity contribution < 1.29 is 4.42 Å². The Hall–Kier alpha value is 0.520. The monoisotopic (exact) mass is 391 g/mol. The maximum atomic E-state index is 5.67. The van der Waals surface area contributed by atoms with E-state index in [-0.39, 0.29) is 5.89 Å². The zero-order chi connectivity index (χ0) is 11.2. The van der Waals surface area contributed by atoms with Crippen LogP contribution in [0.3, 0.4) is 0 Å². The Labute approximate surface area is 117 Å². The average molecular weight is 394 g/mol. The summed E-state index contributed by atoms with van der Waals surface area (Å²) in [4.78, 5) is 4.08. The van der Waals surface area contributed by atoms with E-state index in [1.807, 2.05) is 6.07 Å². The maximum absolute atomic E-state index is 5.67. The molecule has 15 heavy (non-hydrogen) atoms. The van der Waals surface area contributed by atoms with Gasteiger partial charge >= 0.3 is 0 Å². The minimum absolute atomic E-state index is 0.0568. The first-order valence-electron chi connectivity index (χ1n) is 3.71. The number of hydrogen-bond acceptors (Lipinski definition) is 2. The van der Waals surface area contributed by atoms with E-state index in [1.165, 1.54) is 0 Å². The van der Waals surface area contributed by atoms with Gasteiger partial charge in [0.25, 0.3) is 3.79 Å². The summed E-state index contributed by atoms with van der Waals surface area (Å²) < 4.78 is 5.31. The fraction of sp³-hybridized carbons (Fsp3) is 0.125. The SMILES string of the molecule is ClC(Cl)(Cl)c1nc2cc(Br)cc(Br)c2o1. The summed E-state index contributed by atoms with van der Waals surface area (Å²) >= 11 is 23.7. The highest BCUT2D eigenvalue weighted by Gasteiger charge is 2.30. The van der Waals surface area contributed by atoms with Crippen molar-refractivity contribution >= 4 is 77.8 Å². The number of fused-ring (bicyclic) bond motifs is 1. The zero-order valence-electron chi connectivity index (χ0n) is 6.90. The molecule has 0 radical (unpaired) electrons. The van der Waals surface area contributed by atoms with Gasteiger partial charge in [-0.05, 0) is 28.1 Å². The second kappa shape index (κ2) is 4.08. The molecule has 0 bridgehead atoms. The van der Waals surface area contributed by atoms with Gasteiger partial charge in [0, 0.05) is 4.47 Å². The number of hydrogen-bond donors (Lipinski definition) is 0. The van der Waals surface area contributed by atoms with E-state index in [2.05, 4.69) is 36.8 Å². The average Bonchev–Trinajstić information content (AvgIpc) is 2.46. The van der Waals surface area contributed by atoms with Gasteiger partial charge in [-0.3, -0.25) is 0 Å². The fourth-order valence-corrected chi connectivity index (χ4v) is 2.61. The number of halogens is 5. The van der Waals surface area contributed by atoms with Gasteiger partial charge in [-0.2, -0.15) is 0 Å². The molecule has 0 aliphatic heterocycles. The Morgan fingerprint density at radius 2 is 1.87 bits per heavy atom. The molecule has 0 amide bonds. The first kappa shape index (κ1) is 12.0. The predicted molar refractivity (Wildman–Crippen MR) is 68.6 cm³/mol. The molecule has 0 spiro atoms. The van der Waals surface area contributed by atoms with Crippen LogP contribution in [0.25, 0.3) is 11.1 Å². The highest BCUT2D eigenvalue weighted by molar-refractivity contribution is 9.11.